The number of rotatable bonds is 4. The zero-order valence-electron chi connectivity index (χ0n) is 14.7. The van der Waals surface area contributed by atoms with Crippen LogP contribution in [0.25, 0.3) is 0 Å². The van der Waals surface area contributed by atoms with E-state index in [0.29, 0.717) is 16.3 Å². The van der Waals surface area contributed by atoms with Crippen LogP contribution in [-0.2, 0) is 0 Å². The summed E-state index contributed by atoms with van der Waals surface area (Å²) in [6, 6.07) is 8.62. The highest BCUT2D eigenvalue weighted by Gasteiger charge is 2.18. The Hall–Kier alpha value is -2.40. The number of nitrogens with zero attached hydrogens (tertiary/aromatic N) is 1. The Balaban J connectivity index is 1.70. The van der Waals surface area contributed by atoms with Crippen molar-refractivity contribution in [2.24, 2.45) is 0 Å². The molecule has 6 heteroatoms. The van der Waals surface area contributed by atoms with Crippen molar-refractivity contribution < 1.29 is 9.59 Å². The third-order valence-electron chi connectivity index (χ3n) is 4.64. The summed E-state index contributed by atoms with van der Waals surface area (Å²) in [5.41, 5.74) is 2.19. The highest BCUT2D eigenvalue weighted by atomic mass is 35.5. The molecule has 2 aromatic rings. The van der Waals surface area contributed by atoms with E-state index in [1.165, 1.54) is 18.7 Å². The fraction of sp³-hybridized carbons (Fsp3) is 0.350. The van der Waals surface area contributed by atoms with E-state index in [1.54, 1.807) is 18.2 Å². The third-order valence-corrected chi connectivity index (χ3v) is 4.88. The van der Waals surface area contributed by atoms with Crippen molar-refractivity contribution in [3.8, 4) is 0 Å². The molecule has 1 heterocycles. The van der Waals surface area contributed by atoms with Gasteiger partial charge < -0.3 is 10.6 Å². The lowest BCUT2D eigenvalue weighted by molar-refractivity contribution is 0.0922. The van der Waals surface area contributed by atoms with Crippen molar-refractivity contribution in [2.75, 3.05) is 5.32 Å². The summed E-state index contributed by atoms with van der Waals surface area (Å²) >= 11 is 5.99. The number of hydrogen-bond acceptors (Lipinski definition) is 3. The van der Waals surface area contributed by atoms with E-state index in [-0.39, 0.29) is 23.6 Å². The molecule has 5 nitrogen and oxygen atoms in total. The lowest BCUT2D eigenvalue weighted by atomic mass is 9.95. The van der Waals surface area contributed by atoms with Gasteiger partial charge in [-0.25, -0.2) is 0 Å². The van der Waals surface area contributed by atoms with Gasteiger partial charge in [0.25, 0.3) is 11.8 Å². The van der Waals surface area contributed by atoms with Gasteiger partial charge in [-0.05, 0) is 49.6 Å². The van der Waals surface area contributed by atoms with Gasteiger partial charge in [0.15, 0.2) is 0 Å². The zero-order valence-corrected chi connectivity index (χ0v) is 15.5. The van der Waals surface area contributed by atoms with Crippen LogP contribution < -0.4 is 10.6 Å². The van der Waals surface area contributed by atoms with Crippen molar-refractivity contribution in [1.82, 2.24) is 10.3 Å². The van der Waals surface area contributed by atoms with Gasteiger partial charge in [0.05, 0.1) is 0 Å². The van der Waals surface area contributed by atoms with Crippen LogP contribution in [0.15, 0.2) is 36.5 Å². The van der Waals surface area contributed by atoms with E-state index in [2.05, 4.69) is 15.6 Å². The number of carbonyl (C=O) groups is 2. The Bertz CT molecular complexity index is 816. The molecule has 1 aromatic carbocycles. The highest BCUT2D eigenvalue weighted by Crippen LogP contribution is 2.21. The molecule has 1 fully saturated rings. The van der Waals surface area contributed by atoms with Crippen molar-refractivity contribution in [1.29, 1.82) is 0 Å². The topological polar surface area (TPSA) is 71.1 Å². The molecule has 1 aromatic heterocycles. The van der Waals surface area contributed by atoms with Gasteiger partial charge in [-0.2, -0.15) is 0 Å². The summed E-state index contributed by atoms with van der Waals surface area (Å²) in [6.45, 7) is 1.89. The van der Waals surface area contributed by atoms with E-state index in [9.17, 15) is 9.59 Å². The first-order valence-corrected chi connectivity index (χ1v) is 9.25. The molecule has 0 aliphatic heterocycles. The molecule has 0 radical (unpaired) electrons. The van der Waals surface area contributed by atoms with Crippen LogP contribution in [0.1, 0.15) is 58.5 Å². The Morgan fingerprint density at radius 3 is 2.62 bits per heavy atom. The molecule has 2 N–H and O–H groups in total. The Morgan fingerprint density at radius 2 is 1.85 bits per heavy atom. The van der Waals surface area contributed by atoms with Gasteiger partial charge in [0.1, 0.15) is 5.69 Å². The molecule has 0 spiro atoms. The van der Waals surface area contributed by atoms with Crippen molar-refractivity contribution in [3.63, 3.8) is 0 Å². The first-order valence-electron chi connectivity index (χ1n) is 8.87. The van der Waals surface area contributed by atoms with Gasteiger partial charge in [0, 0.05) is 28.5 Å². The molecule has 26 heavy (non-hydrogen) atoms. The molecular weight excluding hydrogens is 350 g/mol. The predicted molar refractivity (Wildman–Crippen MR) is 103 cm³/mol. The first kappa shape index (κ1) is 18.4. The van der Waals surface area contributed by atoms with E-state index >= 15 is 0 Å². The molecule has 1 saturated carbocycles. The van der Waals surface area contributed by atoms with Crippen LogP contribution in [0.2, 0.25) is 5.02 Å². The number of anilines is 1. The van der Waals surface area contributed by atoms with Crippen molar-refractivity contribution in [3.05, 3.63) is 58.4 Å². The second kappa shape index (κ2) is 8.32. The lowest BCUT2D eigenvalue weighted by Crippen LogP contribution is -2.36. The number of aromatic nitrogens is 1. The Labute approximate surface area is 158 Å². The first-order chi connectivity index (χ1) is 12.5. The van der Waals surface area contributed by atoms with Crippen molar-refractivity contribution in [2.45, 2.75) is 45.1 Å². The molecule has 0 bridgehead atoms. The zero-order chi connectivity index (χ0) is 18.5. The minimum atomic E-state index is -0.301. The number of hydrogen-bond donors (Lipinski definition) is 2. The van der Waals surface area contributed by atoms with Crippen LogP contribution >= 0.6 is 11.6 Å². The maximum absolute atomic E-state index is 12.5. The summed E-state index contributed by atoms with van der Waals surface area (Å²) in [6.07, 6.45) is 6.98. The molecule has 136 valence electrons. The number of benzene rings is 1. The van der Waals surface area contributed by atoms with Crippen LogP contribution in [-0.4, -0.2) is 22.8 Å². The molecule has 1 aliphatic carbocycles. The number of pyridine rings is 1. The number of halogens is 1. The third kappa shape index (κ3) is 4.61. The SMILES string of the molecule is Cc1ccc(Cl)cc1NC(=O)c1ccnc(C(=O)NC2CCCCC2)c1. The fourth-order valence-electron chi connectivity index (χ4n) is 3.13. The molecule has 1 aliphatic rings. The predicted octanol–water partition coefficient (Wildman–Crippen LogP) is 4.36. The van der Waals surface area contributed by atoms with Crippen LogP contribution in [0.5, 0.6) is 0 Å². The average molecular weight is 372 g/mol. The van der Waals surface area contributed by atoms with Gasteiger partial charge in [-0.3, -0.25) is 14.6 Å². The largest absolute Gasteiger partial charge is 0.348 e. The molecule has 2 amide bonds. The lowest BCUT2D eigenvalue weighted by Gasteiger charge is -2.22. The monoisotopic (exact) mass is 371 g/mol. The Kier molecular flexibility index (Phi) is 5.89. The molecule has 0 atom stereocenters. The number of nitrogens with one attached hydrogen (secondary N) is 2. The highest BCUT2D eigenvalue weighted by molar-refractivity contribution is 6.31. The minimum Gasteiger partial charge on any atom is -0.348 e. The van der Waals surface area contributed by atoms with Gasteiger partial charge in [0.2, 0.25) is 0 Å². The van der Waals surface area contributed by atoms with E-state index < -0.39 is 0 Å². The van der Waals surface area contributed by atoms with Crippen molar-refractivity contribution >= 4 is 29.1 Å². The van der Waals surface area contributed by atoms with E-state index in [4.69, 9.17) is 11.6 Å². The van der Waals surface area contributed by atoms with Crippen LogP contribution in [0, 0.1) is 6.92 Å². The summed E-state index contributed by atoms with van der Waals surface area (Å²) in [5, 5.41) is 6.40. The quantitative estimate of drug-likeness (QED) is 0.838. The molecule has 0 unspecified atom stereocenters. The standard InChI is InChI=1S/C20H22ClN3O2/c1-13-7-8-15(21)12-17(13)24-19(25)14-9-10-22-18(11-14)20(26)23-16-5-3-2-4-6-16/h7-12,16H,2-6H2,1H3,(H,23,26)(H,24,25). The summed E-state index contributed by atoms with van der Waals surface area (Å²) < 4.78 is 0. The van der Waals surface area contributed by atoms with Gasteiger partial charge >= 0.3 is 0 Å². The van der Waals surface area contributed by atoms with Gasteiger partial charge in [-0.15, -0.1) is 0 Å². The average Bonchev–Trinajstić information content (AvgIpc) is 2.65. The van der Waals surface area contributed by atoms with Gasteiger partial charge in [-0.1, -0.05) is 36.9 Å². The summed E-state index contributed by atoms with van der Waals surface area (Å²) in [5.74, 6) is -0.532. The molecule has 0 saturated heterocycles. The molecule has 3 rings (SSSR count). The second-order valence-corrected chi connectivity index (χ2v) is 7.09. The normalized spacial score (nSPS) is 14.7. The van der Waals surface area contributed by atoms with E-state index in [0.717, 1.165) is 31.2 Å². The van der Waals surface area contributed by atoms with Crippen LogP contribution in [0.4, 0.5) is 5.69 Å². The smallest absolute Gasteiger partial charge is 0.270 e. The van der Waals surface area contributed by atoms with E-state index in [1.807, 2.05) is 13.0 Å². The molecular formula is C20H22ClN3O2. The minimum absolute atomic E-state index is 0.199. The van der Waals surface area contributed by atoms with Crippen LogP contribution in [0.3, 0.4) is 0 Å². The maximum Gasteiger partial charge on any atom is 0.270 e. The summed E-state index contributed by atoms with van der Waals surface area (Å²) in [7, 11) is 0. The number of amides is 2. The second-order valence-electron chi connectivity index (χ2n) is 6.65. The Morgan fingerprint density at radius 1 is 1.08 bits per heavy atom. The summed E-state index contributed by atoms with van der Waals surface area (Å²) in [4.78, 5) is 29.1. The maximum atomic E-state index is 12.5. The number of aryl methyl sites for hydroxylation is 1. The fourth-order valence-corrected chi connectivity index (χ4v) is 3.30. The number of carbonyl (C=O) groups excluding carboxylic acids is 2.